The van der Waals surface area contributed by atoms with E-state index in [9.17, 15) is 0 Å². The third-order valence-electron chi connectivity index (χ3n) is 11.0. The van der Waals surface area contributed by atoms with Crippen molar-refractivity contribution >= 4 is 0 Å². The lowest BCUT2D eigenvalue weighted by Gasteiger charge is -2.21. The molecule has 0 N–H and O–H groups in total. The lowest BCUT2D eigenvalue weighted by Crippen LogP contribution is -2.26. The van der Waals surface area contributed by atoms with E-state index in [1.54, 1.807) is 5.57 Å². The van der Waals surface area contributed by atoms with E-state index in [0.29, 0.717) is 0 Å². The summed E-state index contributed by atoms with van der Waals surface area (Å²) in [6.07, 6.45) is 48.2. The first-order valence-electron chi connectivity index (χ1n) is 23.2. The highest BCUT2D eigenvalue weighted by Crippen LogP contribution is 2.27. The molecule has 0 heterocycles. The maximum Gasteiger partial charge on any atom is -0.00187 e. The number of rotatable bonds is 38. The molecule has 0 aromatic rings. The molecule has 0 atom stereocenters. The zero-order valence-electron chi connectivity index (χ0n) is 36.3. The topological polar surface area (TPSA) is 3.24 Å². The van der Waals surface area contributed by atoms with Crippen molar-refractivity contribution in [1.82, 2.24) is 4.90 Å². The summed E-state index contributed by atoms with van der Waals surface area (Å²) in [5, 5.41) is 0. The lowest BCUT2D eigenvalue weighted by atomic mass is 9.87. The number of hydrogen-bond acceptors (Lipinski definition) is 1. The van der Waals surface area contributed by atoms with Gasteiger partial charge in [-0.3, -0.25) is 0 Å². The van der Waals surface area contributed by atoms with Crippen LogP contribution in [0.4, 0.5) is 0 Å². The Morgan fingerprint density at radius 2 is 0.860 bits per heavy atom. The van der Waals surface area contributed by atoms with Crippen molar-refractivity contribution in [2.75, 3.05) is 19.6 Å². The quantitative estimate of drug-likeness (QED) is 0.0352. The summed E-state index contributed by atoms with van der Waals surface area (Å²) in [6.45, 7) is 23.9. The molecule has 0 unspecified atom stereocenters. The van der Waals surface area contributed by atoms with Crippen LogP contribution in [0.1, 0.15) is 260 Å². The maximum absolute atomic E-state index is 4.11. The fourth-order valence-corrected chi connectivity index (χ4v) is 7.33. The minimum absolute atomic E-state index is 0.874. The van der Waals surface area contributed by atoms with Crippen molar-refractivity contribution in [3.63, 3.8) is 0 Å². The Hall–Kier alpha value is -0.780. The largest absolute Gasteiger partial charge is 0.303 e. The van der Waals surface area contributed by atoms with Gasteiger partial charge in [0.25, 0.3) is 0 Å². The van der Waals surface area contributed by atoms with Gasteiger partial charge in [0, 0.05) is 0 Å². The van der Waals surface area contributed by atoms with Crippen LogP contribution in [0.5, 0.6) is 0 Å². The van der Waals surface area contributed by atoms with Gasteiger partial charge in [0.2, 0.25) is 0 Å². The van der Waals surface area contributed by atoms with Crippen LogP contribution in [0.15, 0.2) is 29.5 Å². The molecule has 0 aliphatic rings. The molecule has 0 radical (unpaired) electrons. The molecule has 0 aromatic carbocycles. The van der Waals surface area contributed by atoms with Crippen LogP contribution >= 0.6 is 0 Å². The summed E-state index contributed by atoms with van der Waals surface area (Å²) < 4.78 is 0. The molecule has 0 rings (SSSR count). The average Bonchev–Trinajstić information content (AvgIpc) is 3.13. The van der Waals surface area contributed by atoms with Crippen molar-refractivity contribution in [2.24, 2.45) is 5.92 Å². The van der Waals surface area contributed by atoms with Gasteiger partial charge in [-0.1, -0.05) is 213 Å². The highest BCUT2D eigenvalue weighted by molar-refractivity contribution is 5.00. The molecule has 0 amide bonds. The van der Waals surface area contributed by atoms with Crippen molar-refractivity contribution in [3.05, 3.63) is 29.5 Å². The predicted molar refractivity (Wildman–Crippen MR) is 233 cm³/mol. The Balaban J connectivity index is 0. The van der Waals surface area contributed by atoms with Crippen LogP contribution in [0.2, 0.25) is 0 Å². The van der Waals surface area contributed by atoms with Gasteiger partial charge < -0.3 is 4.90 Å². The Morgan fingerprint density at radius 1 is 0.480 bits per heavy atom. The molecule has 0 saturated heterocycles. The van der Waals surface area contributed by atoms with Gasteiger partial charge in [0.05, 0.1) is 0 Å². The molecule has 0 aliphatic carbocycles. The second-order valence-corrected chi connectivity index (χ2v) is 16.0. The second kappa shape index (κ2) is 44.4. The number of allylic oxidation sites excluding steroid dienone is 3. The van der Waals surface area contributed by atoms with E-state index in [4.69, 9.17) is 0 Å². The standard InChI is InChI=1S/C37H73N.C12H24/c1-6-11-14-17-20-25-30-37(31-26-21-18-15-12-7-2)35-36(10-5)29-24-22-19-23-28-34-38(32-9-4)33-27-16-13-8-3;1-4-6-7-8-9-10-11-12(3)5-2/h37H,5-9,11-35H2,1-4H3;5H,4,6-11H2,1-3H3/b;12-5+. The van der Waals surface area contributed by atoms with E-state index < -0.39 is 0 Å². The van der Waals surface area contributed by atoms with Gasteiger partial charge in [-0.2, -0.15) is 0 Å². The maximum atomic E-state index is 4.11. The first-order valence-corrected chi connectivity index (χ1v) is 23.2. The Labute approximate surface area is 319 Å². The predicted octanol–water partition coefficient (Wildman–Crippen LogP) is 17.5. The van der Waals surface area contributed by atoms with E-state index >= 15 is 0 Å². The molecule has 0 bridgehead atoms. The first kappa shape index (κ1) is 51.3. The van der Waals surface area contributed by atoms with Gasteiger partial charge in [-0.05, 0) is 96.3 Å². The smallest absolute Gasteiger partial charge is 0.00187 e. The van der Waals surface area contributed by atoms with Crippen molar-refractivity contribution in [2.45, 2.75) is 260 Å². The highest BCUT2D eigenvalue weighted by atomic mass is 15.1. The van der Waals surface area contributed by atoms with Gasteiger partial charge >= 0.3 is 0 Å². The summed E-state index contributed by atoms with van der Waals surface area (Å²) in [7, 11) is 0. The fourth-order valence-electron chi connectivity index (χ4n) is 7.33. The molecule has 0 aliphatic heterocycles. The van der Waals surface area contributed by atoms with Crippen molar-refractivity contribution in [1.29, 1.82) is 0 Å². The lowest BCUT2D eigenvalue weighted by molar-refractivity contribution is 0.261. The summed E-state index contributed by atoms with van der Waals surface area (Å²) in [6, 6.07) is 0. The number of nitrogens with zero attached hydrogens (tertiary/aromatic N) is 1. The normalized spacial score (nSPS) is 11.7. The third-order valence-corrected chi connectivity index (χ3v) is 11.0. The molecule has 0 aromatic heterocycles. The summed E-state index contributed by atoms with van der Waals surface area (Å²) in [5.41, 5.74) is 6.47. The molecular weight excluding hydrogens is 603 g/mol. The summed E-state index contributed by atoms with van der Waals surface area (Å²) >= 11 is 0. The summed E-state index contributed by atoms with van der Waals surface area (Å²) in [5.74, 6) is 0.874. The van der Waals surface area contributed by atoms with Gasteiger partial charge in [0.15, 0.2) is 0 Å². The minimum Gasteiger partial charge on any atom is -0.303 e. The number of hydrogen-bond donors (Lipinski definition) is 0. The van der Waals surface area contributed by atoms with Crippen LogP contribution in [-0.4, -0.2) is 24.5 Å². The summed E-state index contributed by atoms with van der Waals surface area (Å²) in [4.78, 5) is 2.72. The molecule has 50 heavy (non-hydrogen) atoms. The van der Waals surface area contributed by atoms with Gasteiger partial charge in [0.1, 0.15) is 0 Å². The van der Waals surface area contributed by atoms with Crippen molar-refractivity contribution in [3.8, 4) is 0 Å². The van der Waals surface area contributed by atoms with E-state index in [0.717, 1.165) is 5.92 Å². The van der Waals surface area contributed by atoms with Crippen LogP contribution in [0.3, 0.4) is 0 Å². The van der Waals surface area contributed by atoms with E-state index in [-0.39, 0.29) is 0 Å². The monoisotopic (exact) mass is 700 g/mol. The minimum atomic E-state index is 0.874. The fraction of sp³-hybridized carbons (Fsp3) is 0.898. The molecule has 0 spiro atoms. The zero-order chi connectivity index (χ0) is 37.2. The SMILES string of the molecule is C/C=C(\C)CCCCCCCC.C=C=C(CCCCCCCN(CCC)CCCCCC)CC(CCCCCCCC)CCCCCCCC. The molecule has 1 nitrogen and oxygen atoms in total. The van der Waals surface area contributed by atoms with Gasteiger partial charge in [-0.15, -0.1) is 5.73 Å². The van der Waals surface area contributed by atoms with Crippen LogP contribution in [0.25, 0.3) is 0 Å². The second-order valence-electron chi connectivity index (χ2n) is 16.0. The molecule has 0 saturated carbocycles. The van der Waals surface area contributed by atoms with E-state index in [2.05, 4.69) is 71.8 Å². The van der Waals surface area contributed by atoms with Crippen molar-refractivity contribution < 1.29 is 0 Å². The van der Waals surface area contributed by atoms with Crippen LogP contribution in [0, 0.1) is 5.92 Å². The van der Waals surface area contributed by atoms with E-state index in [1.807, 2.05) is 0 Å². The Morgan fingerprint density at radius 3 is 1.28 bits per heavy atom. The van der Waals surface area contributed by atoms with E-state index in [1.165, 1.54) is 237 Å². The average molecular weight is 700 g/mol. The molecule has 1 heteroatoms. The Kier molecular flexibility index (Phi) is 45.6. The first-order chi connectivity index (χ1) is 24.5. The highest BCUT2D eigenvalue weighted by Gasteiger charge is 2.12. The third kappa shape index (κ3) is 40.0. The number of unbranched alkanes of at least 4 members (excludes halogenated alkanes) is 22. The molecular formula is C49H97N. The molecule has 298 valence electrons. The van der Waals surface area contributed by atoms with Crippen LogP contribution < -0.4 is 0 Å². The van der Waals surface area contributed by atoms with Gasteiger partial charge in [-0.25, -0.2) is 0 Å². The molecule has 0 fully saturated rings. The van der Waals surface area contributed by atoms with Crippen LogP contribution in [-0.2, 0) is 0 Å². The zero-order valence-corrected chi connectivity index (χ0v) is 36.3. The Bertz CT molecular complexity index is 697.